The number of likely N-dealkylation sites (tertiary alicyclic amines) is 1. The van der Waals surface area contributed by atoms with E-state index in [2.05, 4.69) is 13.2 Å². The van der Waals surface area contributed by atoms with Gasteiger partial charge in [-0.15, -0.1) is 6.58 Å². The highest BCUT2D eigenvalue weighted by molar-refractivity contribution is 6.34. The summed E-state index contributed by atoms with van der Waals surface area (Å²) >= 11 is 6.52. The molecule has 1 N–H and O–H groups in total. The standard InChI is InChI=1S/C31H33ClN2O6/c1-3-16-33(23-13-9-8-12-22(23)32)29(37)27-31-15-14-24(40-31)25(30(38)39-17-4-2)26(31)28(36)34(27)21(19-35)18-20-10-6-5-7-11-20/h3-13,21,24-27,35H,1-2,14-19H2/t21-,24+,25-,26+,27?,31?/m1/s1. The van der Waals surface area contributed by atoms with Crippen molar-refractivity contribution in [3.63, 3.8) is 0 Å². The van der Waals surface area contributed by atoms with Gasteiger partial charge in [-0.1, -0.05) is 72.8 Å². The third kappa shape index (κ3) is 4.64. The minimum atomic E-state index is -1.25. The van der Waals surface area contributed by atoms with Crippen LogP contribution in [0.5, 0.6) is 0 Å². The molecule has 3 aliphatic rings. The van der Waals surface area contributed by atoms with Crippen LogP contribution in [-0.4, -0.2) is 71.3 Å². The molecule has 8 nitrogen and oxygen atoms in total. The van der Waals surface area contributed by atoms with Crippen LogP contribution in [0, 0.1) is 11.8 Å². The molecule has 9 heteroatoms. The molecule has 3 fully saturated rings. The minimum absolute atomic E-state index is 0.00886. The maximum Gasteiger partial charge on any atom is 0.312 e. The average Bonchev–Trinajstić information content (AvgIpc) is 3.61. The smallest absolute Gasteiger partial charge is 0.312 e. The lowest BCUT2D eigenvalue weighted by molar-refractivity contribution is -0.154. The van der Waals surface area contributed by atoms with Crippen LogP contribution in [0.25, 0.3) is 0 Å². The Balaban J connectivity index is 1.60. The summed E-state index contributed by atoms with van der Waals surface area (Å²) in [5.41, 5.74) is 0.123. The summed E-state index contributed by atoms with van der Waals surface area (Å²) < 4.78 is 11.9. The number of benzene rings is 2. The molecule has 2 bridgehead atoms. The lowest BCUT2D eigenvalue weighted by Crippen LogP contribution is -2.59. The second-order valence-corrected chi connectivity index (χ2v) is 10.8. The largest absolute Gasteiger partial charge is 0.461 e. The Hall–Kier alpha value is -3.46. The van der Waals surface area contributed by atoms with Crippen molar-refractivity contribution < 1.29 is 29.0 Å². The molecule has 0 aliphatic carbocycles. The van der Waals surface area contributed by atoms with Crippen molar-refractivity contribution in [2.75, 3.05) is 24.7 Å². The monoisotopic (exact) mass is 564 g/mol. The molecular formula is C31H33ClN2O6. The number of hydrogen-bond acceptors (Lipinski definition) is 6. The third-order valence-corrected chi connectivity index (χ3v) is 8.55. The molecule has 2 unspecified atom stereocenters. The van der Waals surface area contributed by atoms with Crippen LogP contribution >= 0.6 is 11.6 Å². The van der Waals surface area contributed by atoms with Gasteiger partial charge in [0, 0.05) is 6.54 Å². The molecule has 5 rings (SSSR count). The molecule has 6 atom stereocenters. The number of esters is 1. The van der Waals surface area contributed by atoms with Crippen molar-refractivity contribution in [3.05, 3.63) is 90.5 Å². The summed E-state index contributed by atoms with van der Waals surface area (Å²) in [4.78, 5) is 45.1. The van der Waals surface area contributed by atoms with Gasteiger partial charge in [-0.05, 0) is 37.0 Å². The number of halogens is 1. The van der Waals surface area contributed by atoms with E-state index in [1.165, 1.54) is 15.9 Å². The fraction of sp³-hybridized carbons (Fsp3) is 0.387. The van der Waals surface area contributed by atoms with Crippen molar-refractivity contribution in [3.8, 4) is 0 Å². The van der Waals surface area contributed by atoms with Crippen molar-refractivity contribution >= 4 is 35.1 Å². The molecular weight excluding hydrogens is 532 g/mol. The average molecular weight is 565 g/mol. The Morgan fingerprint density at radius 2 is 1.90 bits per heavy atom. The topological polar surface area (TPSA) is 96.4 Å². The van der Waals surface area contributed by atoms with Crippen LogP contribution in [0.15, 0.2) is 79.9 Å². The van der Waals surface area contributed by atoms with Gasteiger partial charge in [-0.3, -0.25) is 14.4 Å². The summed E-state index contributed by atoms with van der Waals surface area (Å²) in [6.45, 7) is 7.19. The van der Waals surface area contributed by atoms with Crippen LogP contribution in [0.4, 0.5) is 5.69 Å². The van der Waals surface area contributed by atoms with Crippen LogP contribution in [0.1, 0.15) is 18.4 Å². The van der Waals surface area contributed by atoms with Crippen molar-refractivity contribution in [1.82, 2.24) is 4.90 Å². The quantitative estimate of drug-likeness (QED) is 0.331. The van der Waals surface area contributed by atoms with E-state index in [1.54, 1.807) is 30.3 Å². The molecule has 3 aliphatic heterocycles. The number of rotatable bonds is 11. The first-order valence-corrected chi connectivity index (χ1v) is 13.8. The first-order valence-electron chi connectivity index (χ1n) is 13.5. The number of para-hydroxylation sites is 1. The van der Waals surface area contributed by atoms with Crippen LogP contribution in [-0.2, 0) is 30.3 Å². The number of amides is 2. The number of carbonyl (C=O) groups is 3. The molecule has 1 spiro atoms. The highest BCUT2D eigenvalue weighted by Crippen LogP contribution is 2.59. The van der Waals surface area contributed by atoms with Gasteiger partial charge < -0.3 is 24.4 Å². The van der Waals surface area contributed by atoms with Crippen LogP contribution in [0.3, 0.4) is 0 Å². The Kier molecular flexibility index (Phi) is 8.12. The fourth-order valence-electron chi connectivity index (χ4n) is 6.66. The lowest BCUT2D eigenvalue weighted by Gasteiger charge is -2.39. The van der Waals surface area contributed by atoms with E-state index in [0.29, 0.717) is 30.0 Å². The number of nitrogens with zero attached hydrogens (tertiary/aromatic N) is 2. The number of aliphatic hydroxyl groups is 1. The fourth-order valence-corrected chi connectivity index (χ4v) is 6.90. The third-order valence-electron chi connectivity index (χ3n) is 8.23. The summed E-state index contributed by atoms with van der Waals surface area (Å²) in [6, 6.07) is 14.6. The van der Waals surface area contributed by atoms with Crippen molar-refractivity contribution in [2.45, 2.75) is 43.1 Å². The predicted molar refractivity (Wildman–Crippen MR) is 151 cm³/mol. The van der Waals surface area contributed by atoms with E-state index in [-0.39, 0.29) is 19.8 Å². The van der Waals surface area contributed by atoms with Crippen molar-refractivity contribution in [1.29, 1.82) is 0 Å². The molecule has 2 aromatic rings. The molecule has 210 valence electrons. The van der Waals surface area contributed by atoms with E-state index in [1.807, 2.05) is 30.3 Å². The highest BCUT2D eigenvalue weighted by atomic mass is 35.5. The normalized spacial score (nSPS) is 27.2. The van der Waals surface area contributed by atoms with E-state index >= 15 is 0 Å². The molecule has 0 aromatic heterocycles. The number of hydrogen-bond donors (Lipinski definition) is 1. The Bertz CT molecular complexity index is 1300. The van der Waals surface area contributed by atoms with E-state index < -0.39 is 53.4 Å². The zero-order valence-electron chi connectivity index (χ0n) is 22.2. The molecule has 3 saturated heterocycles. The molecule has 3 heterocycles. The van der Waals surface area contributed by atoms with Gasteiger partial charge in [0.2, 0.25) is 5.91 Å². The maximum atomic E-state index is 14.6. The molecule has 0 radical (unpaired) electrons. The Labute approximate surface area is 238 Å². The molecule has 40 heavy (non-hydrogen) atoms. The zero-order chi connectivity index (χ0) is 28.4. The number of anilines is 1. The van der Waals surface area contributed by atoms with Gasteiger partial charge in [-0.25, -0.2) is 0 Å². The predicted octanol–water partition coefficient (Wildman–Crippen LogP) is 3.57. The van der Waals surface area contributed by atoms with Crippen molar-refractivity contribution in [2.24, 2.45) is 11.8 Å². The molecule has 2 aromatic carbocycles. The number of aliphatic hydroxyl groups excluding tert-OH is 1. The van der Waals surface area contributed by atoms with Gasteiger partial charge in [0.05, 0.1) is 41.3 Å². The summed E-state index contributed by atoms with van der Waals surface area (Å²) in [5, 5.41) is 11.0. The second kappa shape index (κ2) is 11.6. The summed E-state index contributed by atoms with van der Waals surface area (Å²) in [5.74, 6) is -3.12. The van der Waals surface area contributed by atoms with Crippen LogP contribution in [0.2, 0.25) is 5.02 Å². The van der Waals surface area contributed by atoms with Gasteiger partial charge in [0.1, 0.15) is 18.2 Å². The van der Waals surface area contributed by atoms with Crippen LogP contribution < -0.4 is 4.90 Å². The minimum Gasteiger partial charge on any atom is -0.461 e. The maximum absolute atomic E-state index is 14.6. The van der Waals surface area contributed by atoms with E-state index in [9.17, 15) is 19.5 Å². The number of ether oxygens (including phenoxy) is 2. The molecule has 2 amide bonds. The first kappa shape index (κ1) is 28.1. The lowest BCUT2D eigenvalue weighted by atomic mass is 9.70. The second-order valence-electron chi connectivity index (χ2n) is 10.4. The first-order chi connectivity index (χ1) is 19.4. The number of fused-ring (bicyclic) bond motifs is 1. The summed E-state index contributed by atoms with van der Waals surface area (Å²) in [7, 11) is 0. The summed E-state index contributed by atoms with van der Waals surface area (Å²) in [6.07, 6.45) is 3.75. The SMILES string of the molecule is C=CCOC(=O)[C@@H]1[C@@H]2CCC3(O2)C(C(=O)N(CC=C)c2ccccc2Cl)N([C@@H](CO)Cc2ccccc2)C(=O)[C@H]13. The number of carbonyl (C=O) groups excluding carboxylic acids is 3. The van der Waals surface area contributed by atoms with Gasteiger partial charge in [0.15, 0.2) is 0 Å². The highest BCUT2D eigenvalue weighted by Gasteiger charge is 2.75. The molecule has 0 saturated carbocycles. The van der Waals surface area contributed by atoms with Gasteiger partial charge in [0.25, 0.3) is 5.91 Å². The Morgan fingerprint density at radius 1 is 1.18 bits per heavy atom. The van der Waals surface area contributed by atoms with E-state index in [0.717, 1.165) is 5.56 Å². The van der Waals surface area contributed by atoms with Gasteiger partial charge in [-0.2, -0.15) is 0 Å². The Morgan fingerprint density at radius 3 is 2.58 bits per heavy atom. The zero-order valence-corrected chi connectivity index (χ0v) is 22.9. The van der Waals surface area contributed by atoms with E-state index in [4.69, 9.17) is 21.1 Å². The van der Waals surface area contributed by atoms with Gasteiger partial charge >= 0.3 is 5.97 Å².